The van der Waals surface area contributed by atoms with Gasteiger partial charge in [-0.1, -0.05) is 25.4 Å². The van der Waals surface area contributed by atoms with Crippen LogP contribution in [0.25, 0.3) is 10.9 Å². The highest BCUT2D eigenvalue weighted by atomic mass is 35.5. The highest BCUT2D eigenvalue weighted by molar-refractivity contribution is 7.47. The van der Waals surface area contributed by atoms with E-state index in [0.29, 0.717) is 16.2 Å². The van der Waals surface area contributed by atoms with Gasteiger partial charge in [0, 0.05) is 35.6 Å². The highest BCUT2D eigenvalue weighted by Crippen LogP contribution is 2.30. The molecule has 5 N–H and O–H groups in total. The second kappa shape index (κ2) is 15.8. The van der Waals surface area contributed by atoms with Crippen molar-refractivity contribution in [3.8, 4) is 0 Å². The van der Waals surface area contributed by atoms with Gasteiger partial charge in [0.2, 0.25) is 14.3 Å². The number of hydrogen-bond acceptors (Lipinski definition) is 7. The Bertz CT molecular complexity index is 1090. The van der Waals surface area contributed by atoms with Crippen LogP contribution in [-0.2, 0) is 9.59 Å². The van der Waals surface area contributed by atoms with Crippen LogP contribution in [0.4, 0.5) is 10.5 Å². The van der Waals surface area contributed by atoms with E-state index in [1.54, 1.807) is 29.3 Å². The maximum absolute atomic E-state index is 13.4. The lowest BCUT2D eigenvalue weighted by atomic mass is 10.1. The molecule has 0 fully saturated rings. The topological polar surface area (TPSA) is 155 Å². The van der Waals surface area contributed by atoms with Crippen molar-refractivity contribution in [3.05, 3.63) is 35.5 Å². The molecule has 0 aliphatic carbocycles. The molecule has 1 aromatic carbocycles. The Morgan fingerprint density at radius 2 is 1.84 bits per heavy atom. The summed E-state index contributed by atoms with van der Waals surface area (Å²) in [6.07, 6.45) is 3.45. The highest BCUT2D eigenvalue weighted by Gasteiger charge is 2.28. The molecule has 0 bridgehead atoms. The first-order chi connectivity index (χ1) is 18.1. The normalized spacial score (nSPS) is 12.9. The number of aliphatic carboxylic acids is 1. The summed E-state index contributed by atoms with van der Waals surface area (Å²) in [4.78, 5) is 63.2. The maximum Gasteiger partial charge on any atom is 0.335 e. The number of carboxylic acid groups (broad SMARTS) is 1. The largest absolute Gasteiger partial charge is 0.479 e. The van der Waals surface area contributed by atoms with Crippen LogP contribution in [0, 0.1) is 0 Å². The van der Waals surface area contributed by atoms with Crippen molar-refractivity contribution in [2.75, 3.05) is 31.1 Å². The Morgan fingerprint density at radius 3 is 2.47 bits per heavy atom. The van der Waals surface area contributed by atoms with E-state index >= 15 is 0 Å². The van der Waals surface area contributed by atoms with E-state index in [9.17, 15) is 14.4 Å². The lowest BCUT2D eigenvalue weighted by Gasteiger charge is -2.31. The van der Waals surface area contributed by atoms with Crippen LogP contribution < -0.4 is 15.5 Å². The molecule has 0 aliphatic heterocycles. The van der Waals surface area contributed by atoms with Gasteiger partial charge < -0.3 is 30.4 Å². The SMILES string of the molecule is CCN(CC)CCCC(C)N(C(=O)NCCCC(=O)NC(C(=O)O)P(O)O)c1ccnc2cc(Cl)ccc12. The number of rotatable bonds is 15. The van der Waals surface area contributed by atoms with E-state index in [1.807, 2.05) is 13.0 Å². The number of nitrogens with one attached hydrogen (secondary N) is 2. The van der Waals surface area contributed by atoms with Gasteiger partial charge in [-0.2, -0.15) is 0 Å². The number of carbonyl (C=O) groups is 3. The Kier molecular flexibility index (Phi) is 13.1. The Labute approximate surface area is 229 Å². The van der Waals surface area contributed by atoms with E-state index in [4.69, 9.17) is 26.5 Å². The zero-order chi connectivity index (χ0) is 28.2. The summed E-state index contributed by atoms with van der Waals surface area (Å²) in [7, 11) is -2.86. The fourth-order valence-corrected chi connectivity index (χ4v) is 4.74. The molecule has 210 valence electrons. The smallest absolute Gasteiger partial charge is 0.335 e. The van der Waals surface area contributed by atoms with Gasteiger partial charge in [-0.25, -0.2) is 9.59 Å². The number of amides is 3. The first-order valence-corrected chi connectivity index (χ1v) is 14.3. The number of hydrogen-bond donors (Lipinski definition) is 5. The molecule has 1 heterocycles. The number of carboxylic acids is 1. The molecule has 2 rings (SSSR count). The number of halogens is 1. The second-order valence-corrected chi connectivity index (χ2v) is 10.4. The maximum atomic E-state index is 13.4. The second-order valence-electron chi connectivity index (χ2n) is 8.84. The van der Waals surface area contributed by atoms with E-state index in [0.717, 1.165) is 37.9 Å². The number of urea groups is 1. The van der Waals surface area contributed by atoms with Crippen LogP contribution in [0.15, 0.2) is 30.5 Å². The molecular formula is C25H37ClN5O6P. The summed E-state index contributed by atoms with van der Waals surface area (Å²) in [5.74, 6) is -3.94. The number of anilines is 1. The van der Waals surface area contributed by atoms with Crippen molar-refractivity contribution in [2.45, 2.75) is 58.3 Å². The van der Waals surface area contributed by atoms with Crippen molar-refractivity contribution in [1.29, 1.82) is 0 Å². The summed E-state index contributed by atoms with van der Waals surface area (Å²) in [5, 5.41) is 15.2. The lowest BCUT2D eigenvalue weighted by Crippen LogP contribution is -2.46. The molecular weight excluding hydrogens is 533 g/mol. The van der Waals surface area contributed by atoms with Crippen LogP contribution in [0.2, 0.25) is 5.02 Å². The molecule has 11 nitrogen and oxygen atoms in total. The summed E-state index contributed by atoms with van der Waals surface area (Å²) in [6.45, 7) is 9.25. The van der Waals surface area contributed by atoms with Gasteiger partial charge in [0.15, 0.2) is 5.78 Å². The van der Waals surface area contributed by atoms with Crippen LogP contribution >= 0.6 is 20.0 Å². The molecule has 38 heavy (non-hydrogen) atoms. The number of fused-ring (bicyclic) bond motifs is 1. The minimum atomic E-state index is -2.86. The Morgan fingerprint density at radius 1 is 1.13 bits per heavy atom. The van der Waals surface area contributed by atoms with Crippen molar-refractivity contribution in [2.24, 2.45) is 0 Å². The quantitative estimate of drug-likeness (QED) is 0.161. The minimum Gasteiger partial charge on any atom is -0.479 e. The van der Waals surface area contributed by atoms with Crippen LogP contribution in [0.1, 0.15) is 46.5 Å². The molecule has 0 radical (unpaired) electrons. The molecule has 3 amide bonds. The molecule has 2 aromatic rings. The first kappa shape index (κ1) is 31.7. The van der Waals surface area contributed by atoms with Crippen LogP contribution in [0.3, 0.4) is 0 Å². The van der Waals surface area contributed by atoms with Crippen LogP contribution in [-0.4, -0.2) is 80.7 Å². The summed E-state index contributed by atoms with van der Waals surface area (Å²) in [5.41, 5.74) is 1.36. The van der Waals surface area contributed by atoms with E-state index in [-0.39, 0.29) is 31.5 Å². The van der Waals surface area contributed by atoms with E-state index < -0.39 is 26.0 Å². The summed E-state index contributed by atoms with van der Waals surface area (Å²) < 4.78 is 0. The van der Waals surface area contributed by atoms with Gasteiger partial charge in [0.1, 0.15) is 0 Å². The van der Waals surface area contributed by atoms with Gasteiger partial charge in [-0.3, -0.25) is 14.7 Å². The molecule has 2 unspecified atom stereocenters. The van der Waals surface area contributed by atoms with Gasteiger partial charge in [-0.05, 0) is 70.1 Å². The van der Waals surface area contributed by atoms with Gasteiger partial charge >= 0.3 is 12.0 Å². The monoisotopic (exact) mass is 569 g/mol. The third kappa shape index (κ3) is 9.32. The minimum absolute atomic E-state index is 0.0939. The van der Waals surface area contributed by atoms with Gasteiger partial charge in [0.25, 0.3) is 0 Å². The molecule has 0 spiro atoms. The lowest BCUT2D eigenvalue weighted by molar-refractivity contribution is -0.139. The molecule has 0 aliphatic rings. The Hall–Kier alpha value is -2.56. The zero-order valence-electron chi connectivity index (χ0n) is 21.9. The Balaban J connectivity index is 2.11. The number of pyridine rings is 1. The number of carbonyl (C=O) groups excluding carboxylic acids is 2. The number of nitrogens with zero attached hydrogens (tertiary/aromatic N) is 3. The predicted molar refractivity (Wildman–Crippen MR) is 149 cm³/mol. The third-order valence-electron chi connectivity index (χ3n) is 6.21. The average molecular weight is 570 g/mol. The van der Waals surface area contributed by atoms with Crippen molar-refractivity contribution in [3.63, 3.8) is 0 Å². The number of aromatic nitrogens is 1. The molecule has 1 aromatic heterocycles. The van der Waals surface area contributed by atoms with Crippen LogP contribution in [0.5, 0.6) is 0 Å². The van der Waals surface area contributed by atoms with Crippen molar-refractivity contribution < 1.29 is 29.3 Å². The summed E-state index contributed by atoms with van der Waals surface area (Å²) >= 11 is 6.15. The predicted octanol–water partition coefficient (Wildman–Crippen LogP) is 3.52. The third-order valence-corrected chi connectivity index (χ3v) is 7.26. The summed E-state index contributed by atoms with van der Waals surface area (Å²) in [6, 6.07) is 6.65. The van der Waals surface area contributed by atoms with Gasteiger partial charge in [0.05, 0.1) is 11.2 Å². The van der Waals surface area contributed by atoms with Crippen molar-refractivity contribution in [1.82, 2.24) is 20.5 Å². The zero-order valence-corrected chi connectivity index (χ0v) is 23.6. The van der Waals surface area contributed by atoms with E-state index in [2.05, 4.69) is 34.4 Å². The number of benzene rings is 1. The van der Waals surface area contributed by atoms with E-state index in [1.165, 1.54) is 0 Å². The first-order valence-electron chi connectivity index (χ1n) is 12.6. The fraction of sp³-hybridized carbons (Fsp3) is 0.520. The molecule has 0 saturated carbocycles. The fourth-order valence-electron chi connectivity index (χ4n) is 4.11. The van der Waals surface area contributed by atoms with Crippen molar-refractivity contribution >= 4 is 54.5 Å². The molecule has 2 atom stereocenters. The van der Waals surface area contributed by atoms with Gasteiger partial charge in [-0.15, -0.1) is 0 Å². The average Bonchev–Trinajstić information content (AvgIpc) is 2.87. The molecule has 13 heteroatoms. The standard InChI is InChI=1S/C25H37ClN5O6P/c1-4-30(5-2)15-7-8-17(3)31(21-12-14-27-20-16-18(26)10-11-19(20)21)25(35)28-13-6-9-22(32)29-23(24(33)34)38(36)37/h10-12,14,16-17,23,36-37H,4-9,13,15H2,1-3H3,(H,28,35)(H,29,32)(H,33,34). The molecule has 0 saturated heterocycles.